The van der Waals surface area contributed by atoms with Crippen LogP contribution in [-0.2, 0) is 0 Å². The zero-order valence-corrected chi connectivity index (χ0v) is 11.9. The molecule has 0 saturated carbocycles. The van der Waals surface area contributed by atoms with Gasteiger partial charge in [-0.15, -0.1) is 0 Å². The van der Waals surface area contributed by atoms with E-state index < -0.39 is 0 Å². The van der Waals surface area contributed by atoms with Crippen molar-refractivity contribution in [3.8, 4) is 0 Å². The smallest absolute Gasteiger partial charge is 0.180 e. The summed E-state index contributed by atoms with van der Waals surface area (Å²) in [5.74, 6) is 5.06. The third-order valence-electron chi connectivity index (χ3n) is 3.53. The third-order valence-corrected chi connectivity index (χ3v) is 4.58. The van der Waals surface area contributed by atoms with Crippen LogP contribution in [0.1, 0.15) is 12.8 Å². The summed E-state index contributed by atoms with van der Waals surface area (Å²) >= 11 is 2.06. The fraction of sp³-hybridized carbons (Fsp3) is 0.538. The van der Waals surface area contributed by atoms with Crippen LogP contribution in [-0.4, -0.2) is 39.5 Å². The number of hydrogen-bond acceptors (Lipinski definition) is 5. The van der Waals surface area contributed by atoms with E-state index >= 15 is 0 Å². The van der Waals surface area contributed by atoms with Crippen LogP contribution in [0.5, 0.6) is 0 Å². The Hall–Kier alpha value is -1.43. The topological polar surface area (TPSA) is 54.2 Å². The molecule has 1 fully saturated rings. The van der Waals surface area contributed by atoms with Gasteiger partial charge in [-0.25, -0.2) is 9.97 Å². The van der Waals surface area contributed by atoms with E-state index in [0.29, 0.717) is 0 Å². The van der Waals surface area contributed by atoms with E-state index in [2.05, 4.69) is 32.4 Å². The summed E-state index contributed by atoms with van der Waals surface area (Å²) in [6, 6.07) is 0. The Labute approximate surface area is 117 Å². The lowest BCUT2D eigenvalue weighted by Crippen LogP contribution is -2.20. The number of rotatable bonds is 4. The van der Waals surface area contributed by atoms with Crippen LogP contribution >= 0.6 is 11.8 Å². The molecule has 0 amide bonds. The van der Waals surface area contributed by atoms with E-state index in [1.807, 2.05) is 23.8 Å². The van der Waals surface area contributed by atoms with Gasteiger partial charge in [0.15, 0.2) is 11.5 Å². The second-order valence-corrected chi connectivity index (χ2v) is 6.04. The number of aromatic nitrogens is 3. The maximum Gasteiger partial charge on any atom is 0.180 e. The largest absolute Gasteiger partial charge is 0.372 e. The van der Waals surface area contributed by atoms with Gasteiger partial charge < -0.3 is 15.0 Å². The summed E-state index contributed by atoms with van der Waals surface area (Å²) in [5, 5.41) is 6.56. The number of imidazole rings is 1. The van der Waals surface area contributed by atoms with Gasteiger partial charge in [-0.3, -0.25) is 0 Å². The highest BCUT2D eigenvalue weighted by Gasteiger charge is 2.14. The van der Waals surface area contributed by atoms with Crippen molar-refractivity contribution in [1.29, 1.82) is 0 Å². The summed E-state index contributed by atoms with van der Waals surface area (Å²) in [7, 11) is 1.88. The Kier molecular flexibility index (Phi) is 3.77. The van der Waals surface area contributed by atoms with Crippen LogP contribution in [0.4, 0.5) is 11.6 Å². The fourth-order valence-electron chi connectivity index (χ4n) is 2.36. The standard InChI is InChI=1S/C13H19N5S/c1-14-11-9-18-5-4-15-13(18)12(17-11)16-8-10-2-6-19-7-3-10/h4-5,9-10,14H,2-3,6-8H2,1H3,(H,16,17). The van der Waals surface area contributed by atoms with Gasteiger partial charge >= 0.3 is 0 Å². The first-order chi connectivity index (χ1) is 9.36. The van der Waals surface area contributed by atoms with Crippen LogP contribution in [0.25, 0.3) is 5.65 Å². The molecule has 1 aliphatic heterocycles. The predicted molar refractivity (Wildman–Crippen MR) is 81.1 cm³/mol. The number of nitrogens with zero attached hydrogens (tertiary/aromatic N) is 3. The van der Waals surface area contributed by atoms with Gasteiger partial charge in [-0.2, -0.15) is 11.8 Å². The summed E-state index contributed by atoms with van der Waals surface area (Å²) in [5.41, 5.74) is 0.893. The second-order valence-electron chi connectivity index (χ2n) is 4.82. The lowest BCUT2D eigenvalue weighted by Gasteiger charge is -2.22. The Balaban J connectivity index is 1.77. The van der Waals surface area contributed by atoms with E-state index in [4.69, 9.17) is 0 Å². The normalized spacial score (nSPS) is 16.7. The fourth-order valence-corrected chi connectivity index (χ4v) is 3.57. The van der Waals surface area contributed by atoms with Crippen LogP contribution in [0.2, 0.25) is 0 Å². The van der Waals surface area contributed by atoms with E-state index in [1.54, 1.807) is 6.20 Å². The molecule has 1 aliphatic rings. The molecule has 0 radical (unpaired) electrons. The molecule has 3 rings (SSSR count). The Morgan fingerprint density at radius 1 is 1.42 bits per heavy atom. The van der Waals surface area contributed by atoms with Crippen molar-refractivity contribution in [3.05, 3.63) is 18.6 Å². The lowest BCUT2D eigenvalue weighted by atomic mass is 10.0. The first-order valence-corrected chi connectivity index (χ1v) is 7.85. The van der Waals surface area contributed by atoms with E-state index in [-0.39, 0.29) is 0 Å². The van der Waals surface area contributed by atoms with Crippen LogP contribution in [0, 0.1) is 5.92 Å². The van der Waals surface area contributed by atoms with Crippen molar-refractivity contribution in [2.75, 3.05) is 35.7 Å². The number of thioether (sulfide) groups is 1. The van der Waals surface area contributed by atoms with Gasteiger partial charge in [0.1, 0.15) is 5.82 Å². The van der Waals surface area contributed by atoms with Gasteiger partial charge in [0, 0.05) is 26.0 Å². The SMILES string of the molecule is CNc1cn2ccnc2c(NCC2CCSCC2)n1. The number of anilines is 2. The molecule has 2 aromatic heterocycles. The van der Waals surface area contributed by atoms with Crippen LogP contribution < -0.4 is 10.6 Å². The molecule has 0 aromatic carbocycles. The van der Waals surface area contributed by atoms with Crippen molar-refractivity contribution in [2.45, 2.75) is 12.8 Å². The molecular weight excluding hydrogens is 258 g/mol. The predicted octanol–water partition coefficient (Wildman–Crippen LogP) is 2.33. The zero-order valence-electron chi connectivity index (χ0n) is 11.1. The summed E-state index contributed by atoms with van der Waals surface area (Å²) in [6.45, 7) is 0.989. The lowest BCUT2D eigenvalue weighted by molar-refractivity contribution is 0.515. The van der Waals surface area contributed by atoms with E-state index in [0.717, 1.165) is 29.7 Å². The minimum Gasteiger partial charge on any atom is -0.372 e. The van der Waals surface area contributed by atoms with Gasteiger partial charge in [0.2, 0.25) is 0 Å². The minimum atomic E-state index is 0.760. The molecule has 5 nitrogen and oxygen atoms in total. The van der Waals surface area contributed by atoms with Crippen molar-refractivity contribution >= 4 is 29.0 Å². The maximum atomic E-state index is 4.57. The molecule has 6 heteroatoms. The quantitative estimate of drug-likeness (QED) is 0.898. The van der Waals surface area contributed by atoms with Crippen molar-refractivity contribution < 1.29 is 0 Å². The first kappa shape index (κ1) is 12.6. The average molecular weight is 277 g/mol. The molecule has 0 spiro atoms. The van der Waals surface area contributed by atoms with Gasteiger partial charge in [0.25, 0.3) is 0 Å². The monoisotopic (exact) mass is 277 g/mol. The molecule has 3 heterocycles. The molecule has 2 aromatic rings. The van der Waals surface area contributed by atoms with E-state index in [9.17, 15) is 0 Å². The molecule has 19 heavy (non-hydrogen) atoms. The van der Waals surface area contributed by atoms with Gasteiger partial charge in [-0.05, 0) is 30.3 Å². The molecule has 0 unspecified atom stereocenters. The number of fused-ring (bicyclic) bond motifs is 1. The molecule has 102 valence electrons. The Morgan fingerprint density at radius 2 is 2.26 bits per heavy atom. The number of hydrogen-bond donors (Lipinski definition) is 2. The molecule has 1 saturated heterocycles. The molecule has 0 atom stereocenters. The van der Waals surface area contributed by atoms with Crippen molar-refractivity contribution in [1.82, 2.24) is 14.4 Å². The highest BCUT2D eigenvalue weighted by atomic mass is 32.2. The summed E-state index contributed by atoms with van der Waals surface area (Å²) < 4.78 is 2.00. The van der Waals surface area contributed by atoms with Gasteiger partial charge in [-0.1, -0.05) is 0 Å². The highest BCUT2D eigenvalue weighted by molar-refractivity contribution is 7.99. The molecule has 0 bridgehead atoms. The van der Waals surface area contributed by atoms with Crippen LogP contribution in [0.3, 0.4) is 0 Å². The van der Waals surface area contributed by atoms with Crippen molar-refractivity contribution in [3.63, 3.8) is 0 Å². The summed E-state index contributed by atoms with van der Waals surface area (Å²) in [6.07, 6.45) is 8.30. The minimum absolute atomic E-state index is 0.760. The number of nitrogens with one attached hydrogen (secondary N) is 2. The molecule has 0 aliphatic carbocycles. The Morgan fingerprint density at radius 3 is 3.05 bits per heavy atom. The van der Waals surface area contributed by atoms with E-state index in [1.165, 1.54) is 24.3 Å². The maximum absolute atomic E-state index is 4.57. The molecule has 2 N–H and O–H groups in total. The Bertz CT molecular complexity index is 547. The van der Waals surface area contributed by atoms with Gasteiger partial charge in [0.05, 0.1) is 6.20 Å². The first-order valence-electron chi connectivity index (χ1n) is 6.70. The highest BCUT2D eigenvalue weighted by Crippen LogP contribution is 2.24. The third kappa shape index (κ3) is 2.78. The van der Waals surface area contributed by atoms with Crippen molar-refractivity contribution in [2.24, 2.45) is 5.92 Å². The average Bonchev–Trinajstić information content (AvgIpc) is 2.94. The van der Waals surface area contributed by atoms with Crippen LogP contribution in [0.15, 0.2) is 18.6 Å². The molecular formula is C13H19N5S. The summed E-state index contributed by atoms with van der Waals surface area (Å²) in [4.78, 5) is 8.93. The second kappa shape index (κ2) is 5.69. The zero-order chi connectivity index (χ0) is 13.1.